The molecule has 0 spiro atoms. The lowest BCUT2D eigenvalue weighted by Crippen LogP contribution is -2.32. The number of para-hydroxylation sites is 1. The van der Waals surface area contributed by atoms with E-state index in [4.69, 9.17) is 0 Å². The molecule has 6 nitrogen and oxygen atoms in total. The van der Waals surface area contributed by atoms with E-state index < -0.39 is 0 Å². The third kappa shape index (κ3) is 4.05. The van der Waals surface area contributed by atoms with Gasteiger partial charge in [0.2, 0.25) is 5.91 Å². The van der Waals surface area contributed by atoms with Crippen molar-refractivity contribution in [2.24, 2.45) is 0 Å². The van der Waals surface area contributed by atoms with Gasteiger partial charge >= 0.3 is 0 Å². The van der Waals surface area contributed by atoms with Crippen LogP contribution in [0.5, 0.6) is 0 Å². The molecule has 0 aliphatic heterocycles. The van der Waals surface area contributed by atoms with Crippen molar-refractivity contribution in [2.75, 3.05) is 13.6 Å². The van der Waals surface area contributed by atoms with E-state index in [9.17, 15) is 14.0 Å². The third-order valence-corrected chi connectivity index (χ3v) is 4.07. The van der Waals surface area contributed by atoms with E-state index in [0.717, 1.165) is 16.5 Å². The number of benzene rings is 2. The first-order valence-electron chi connectivity index (χ1n) is 8.24. The smallest absolute Gasteiger partial charge is 0.272 e. The molecule has 1 heterocycles. The van der Waals surface area contributed by atoms with Crippen LogP contribution in [0.4, 0.5) is 4.39 Å². The minimum atomic E-state index is -0.323. The number of amides is 2. The highest BCUT2D eigenvalue weighted by Crippen LogP contribution is 2.14. The van der Waals surface area contributed by atoms with Gasteiger partial charge in [-0.15, -0.1) is 0 Å². The number of carbonyl (C=O) groups excluding carboxylic acids is 2. The van der Waals surface area contributed by atoms with Crippen LogP contribution in [0.2, 0.25) is 0 Å². The van der Waals surface area contributed by atoms with Gasteiger partial charge in [-0.1, -0.05) is 30.3 Å². The molecule has 1 aromatic heterocycles. The first-order chi connectivity index (χ1) is 12.5. The van der Waals surface area contributed by atoms with Crippen LogP contribution >= 0.6 is 0 Å². The van der Waals surface area contributed by atoms with Gasteiger partial charge in [0.1, 0.15) is 5.82 Å². The molecule has 3 rings (SSSR count). The second-order valence-electron chi connectivity index (χ2n) is 6.00. The maximum atomic E-state index is 12.9. The topological polar surface area (TPSA) is 78.1 Å². The first kappa shape index (κ1) is 17.6. The fourth-order valence-corrected chi connectivity index (χ4v) is 2.65. The van der Waals surface area contributed by atoms with Gasteiger partial charge in [-0.2, -0.15) is 5.10 Å². The van der Waals surface area contributed by atoms with Crippen molar-refractivity contribution >= 4 is 22.7 Å². The number of hydrogen-bond acceptors (Lipinski definition) is 3. The van der Waals surface area contributed by atoms with Gasteiger partial charge in [0, 0.05) is 31.9 Å². The van der Waals surface area contributed by atoms with Gasteiger partial charge in [0.25, 0.3) is 5.91 Å². The Labute approximate surface area is 150 Å². The van der Waals surface area contributed by atoms with Crippen molar-refractivity contribution in [3.63, 3.8) is 0 Å². The summed E-state index contributed by atoms with van der Waals surface area (Å²) in [5.41, 5.74) is 1.94. The Morgan fingerprint density at radius 1 is 1.15 bits per heavy atom. The van der Waals surface area contributed by atoms with Gasteiger partial charge in [0.15, 0.2) is 5.69 Å². The van der Waals surface area contributed by atoms with E-state index in [1.54, 1.807) is 24.1 Å². The van der Waals surface area contributed by atoms with Crippen LogP contribution in [0.25, 0.3) is 10.9 Å². The lowest BCUT2D eigenvalue weighted by atomic mass is 10.2. The normalized spacial score (nSPS) is 10.7. The largest absolute Gasteiger partial charge is 0.350 e. The van der Waals surface area contributed by atoms with E-state index in [0.29, 0.717) is 12.2 Å². The second kappa shape index (κ2) is 7.77. The maximum Gasteiger partial charge on any atom is 0.272 e. The third-order valence-electron chi connectivity index (χ3n) is 4.07. The predicted octanol–water partition coefficient (Wildman–Crippen LogP) is 2.48. The van der Waals surface area contributed by atoms with E-state index in [-0.39, 0.29) is 30.6 Å². The minimum absolute atomic E-state index is 0.110. The number of nitrogens with one attached hydrogen (secondary N) is 2. The molecule has 134 valence electrons. The lowest BCUT2D eigenvalue weighted by Gasteiger charge is -2.17. The summed E-state index contributed by atoms with van der Waals surface area (Å²) in [6.07, 6.45) is 0.172. The molecule has 2 N–H and O–H groups in total. The van der Waals surface area contributed by atoms with Crippen LogP contribution < -0.4 is 5.32 Å². The second-order valence-corrected chi connectivity index (χ2v) is 6.00. The molecule has 0 bridgehead atoms. The molecule has 0 aliphatic rings. The molecule has 26 heavy (non-hydrogen) atoms. The fraction of sp³-hybridized carbons (Fsp3) is 0.211. The summed E-state index contributed by atoms with van der Waals surface area (Å²) in [7, 11) is 1.68. The molecule has 0 fully saturated rings. The molecule has 0 unspecified atom stereocenters. The standard InChI is InChI=1S/C19H19FN4O2/c1-24(12-13-6-8-14(20)9-7-13)17(25)10-11-21-19(26)18-15-4-2-3-5-16(15)22-23-18/h2-9H,10-12H2,1H3,(H,21,26)(H,22,23). The Bertz CT molecular complexity index is 921. The number of halogens is 1. The Balaban J connectivity index is 1.50. The number of aromatic amines is 1. The summed E-state index contributed by atoms with van der Waals surface area (Å²) in [5.74, 6) is -0.741. The number of rotatable bonds is 6. The average molecular weight is 354 g/mol. The summed E-state index contributed by atoms with van der Waals surface area (Å²) >= 11 is 0. The number of fused-ring (bicyclic) bond motifs is 1. The zero-order valence-corrected chi connectivity index (χ0v) is 14.3. The van der Waals surface area contributed by atoms with Crippen molar-refractivity contribution in [2.45, 2.75) is 13.0 Å². The highest BCUT2D eigenvalue weighted by molar-refractivity contribution is 6.04. The Hall–Kier alpha value is -3.22. The predicted molar refractivity (Wildman–Crippen MR) is 95.9 cm³/mol. The number of H-pyrrole nitrogens is 1. The first-order valence-corrected chi connectivity index (χ1v) is 8.24. The van der Waals surface area contributed by atoms with Crippen LogP contribution in [0.15, 0.2) is 48.5 Å². The molecule has 2 amide bonds. The lowest BCUT2D eigenvalue weighted by molar-refractivity contribution is -0.130. The molecular weight excluding hydrogens is 335 g/mol. The van der Waals surface area contributed by atoms with E-state index in [1.807, 2.05) is 24.3 Å². The van der Waals surface area contributed by atoms with Crippen molar-refractivity contribution in [3.8, 4) is 0 Å². The molecule has 0 aliphatic carbocycles. The van der Waals surface area contributed by atoms with Crippen LogP contribution in [-0.4, -0.2) is 40.5 Å². The number of nitrogens with zero attached hydrogens (tertiary/aromatic N) is 2. The Morgan fingerprint density at radius 2 is 1.88 bits per heavy atom. The van der Waals surface area contributed by atoms with Crippen molar-refractivity contribution < 1.29 is 14.0 Å². The number of hydrogen-bond donors (Lipinski definition) is 2. The summed E-state index contributed by atoms with van der Waals surface area (Å²) < 4.78 is 12.9. The van der Waals surface area contributed by atoms with Crippen LogP contribution in [0.3, 0.4) is 0 Å². The number of aromatic nitrogens is 2. The molecule has 7 heteroatoms. The van der Waals surface area contributed by atoms with Gasteiger partial charge in [-0.05, 0) is 23.8 Å². The monoisotopic (exact) mass is 354 g/mol. The Kier molecular flexibility index (Phi) is 5.26. The van der Waals surface area contributed by atoms with Crippen molar-refractivity contribution in [3.05, 3.63) is 65.6 Å². The van der Waals surface area contributed by atoms with Crippen LogP contribution in [0.1, 0.15) is 22.5 Å². The Morgan fingerprint density at radius 3 is 2.65 bits per heavy atom. The maximum absolute atomic E-state index is 12.9. The highest BCUT2D eigenvalue weighted by atomic mass is 19.1. The molecule has 0 atom stereocenters. The highest BCUT2D eigenvalue weighted by Gasteiger charge is 2.15. The van der Waals surface area contributed by atoms with Crippen LogP contribution in [-0.2, 0) is 11.3 Å². The zero-order valence-electron chi connectivity index (χ0n) is 14.3. The molecule has 3 aromatic rings. The average Bonchev–Trinajstić information content (AvgIpc) is 3.07. The van der Waals surface area contributed by atoms with E-state index in [2.05, 4.69) is 15.5 Å². The van der Waals surface area contributed by atoms with Crippen molar-refractivity contribution in [1.82, 2.24) is 20.4 Å². The van der Waals surface area contributed by atoms with Gasteiger partial charge < -0.3 is 10.2 Å². The van der Waals surface area contributed by atoms with Crippen molar-refractivity contribution in [1.29, 1.82) is 0 Å². The van der Waals surface area contributed by atoms with Crippen LogP contribution in [0, 0.1) is 5.82 Å². The molecular formula is C19H19FN4O2. The van der Waals surface area contributed by atoms with E-state index in [1.165, 1.54) is 12.1 Å². The summed E-state index contributed by atoms with van der Waals surface area (Å²) in [5, 5.41) is 10.3. The molecule has 0 saturated carbocycles. The molecule has 0 saturated heterocycles. The summed E-state index contributed by atoms with van der Waals surface area (Å²) in [4.78, 5) is 26.0. The zero-order chi connectivity index (χ0) is 18.5. The molecule has 2 aromatic carbocycles. The molecule has 0 radical (unpaired) electrons. The van der Waals surface area contributed by atoms with Gasteiger partial charge in [-0.25, -0.2) is 4.39 Å². The number of carbonyl (C=O) groups is 2. The van der Waals surface area contributed by atoms with Gasteiger partial charge in [-0.3, -0.25) is 14.7 Å². The fourth-order valence-electron chi connectivity index (χ4n) is 2.65. The quantitative estimate of drug-likeness (QED) is 0.714. The SMILES string of the molecule is CN(Cc1ccc(F)cc1)C(=O)CCNC(=O)c1n[nH]c2ccccc12. The summed E-state index contributed by atoms with van der Waals surface area (Å²) in [6, 6.07) is 13.4. The van der Waals surface area contributed by atoms with Gasteiger partial charge in [0.05, 0.1) is 5.52 Å². The summed E-state index contributed by atoms with van der Waals surface area (Å²) in [6.45, 7) is 0.601. The minimum Gasteiger partial charge on any atom is -0.350 e. The van der Waals surface area contributed by atoms with E-state index >= 15 is 0 Å².